The van der Waals surface area contributed by atoms with Crippen LogP contribution < -0.4 is 26.4 Å². The van der Waals surface area contributed by atoms with Crippen molar-refractivity contribution in [2.75, 3.05) is 48.4 Å². The van der Waals surface area contributed by atoms with Crippen molar-refractivity contribution in [3.8, 4) is 5.75 Å². The van der Waals surface area contributed by atoms with E-state index in [0.29, 0.717) is 59.4 Å². The Kier molecular flexibility index (Phi) is 10.8. The number of carbonyl (C=O) groups excluding carboxylic acids is 3. The Morgan fingerprint density at radius 2 is 1.76 bits per heavy atom. The average Bonchev–Trinajstić information content (AvgIpc) is 3.39. The van der Waals surface area contributed by atoms with Gasteiger partial charge in [-0.05, 0) is 69.8 Å². The van der Waals surface area contributed by atoms with Crippen molar-refractivity contribution in [2.24, 2.45) is 5.92 Å². The number of benzene rings is 3. The van der Waals surface area contributed by atoms with E-state index < -0.39 is 18.2 Å². The number of anilines is 4. The predicted molar refractivity (Wildman–Crippen MR) is 188 cm³/mol. The molecule has 3 aromatic carbocycles. The van der Waals surface area contributed by atoms with Crippen molar-refractivity contribution >= 4 is 40.6 Å². The Balaban J connectivity index is 1.34. The molecule has 258 valence electrons. The zero-order chi connectivity index (χ0) is 35.2. The van der Waals surface area contributed by atoms with Crippen molar-refractivity contribution in [2.45, 2.75) is 46.4 Å². The summed E-state index contributed by atoms with van der Waals surface area (Å²) in [6.07, 6.45) is -0.403. The highest BCUT2D eigenvalue weighted by atomic mass is 16.5. The molecule has 1 aliphatic heterocycles. The molecule has 0 bridgehead atoms. The van der Waals surface area contributed by atoms with Crippen molar-refractivity contribution in [3.63, 3.8) is 0 Å². The predicted octanol–water partition coefficient (Wildman–Crippen LogP) is 5.12. The van der Waals surface area contributed by atoms with E-state index in [0.717, 1.165) is 5.56 Å². The first-order valence-corrected chi connectivity index (χ1v) is 16.1. The van der Waals surface area contributed by atoms with Crippen LogP contribution in [0.4, 0.5) is 27.5 Å². The number of hydrogen-bond acceptors (Lipinski definition) is 9. The first kappa shape index (κ1) is 34.9. The van der Waals surface area contributed by atoms with Gasteiger partial charge in [0, 0.05) is 31.1 Å². The monoisotopic (exact) mass is 669 g/mol. The van der Waals surface area contributed by atoms with Gasteiger partial charge in [0.15, 0.2) is 11.5 Å². The van der Waals surface area contributed by atoms with E-state index in [1.165, 1.54) is 0 Å². The van der Waals surface area contributed by atoms with Crippen LogP contribution in [0.1, 0.15) is 51.6 Å². The maximum atomic E-state index is 13.8. The van der Waals surface area contributed by atoms with Crippen LogP contribution in [0.2, 0.25) is 0 Å². The van der Waals surface area contributed by atoms with Crippen molar-refractivity contribution in [1.82, 2.24) is 15.0 Å². The molecule has 0 saturated heterocycles. The molecule has 1 aliphatic rings. The van der Waals surface area contributed by atoms with Crippen molar-refractivity contribution < 1.29 is 28.8 Å². The fourth-order valence-electron chi connectivity index (χ4n) is 5.74. The van der Waals surface area contributed by atoms with E-state index >= 15 is 0 Å². The minimum Gasteiger partial charge on any atom is -0.486 e. The van der Waals surface area contributed by atoms with Gasteiger partial charge in [0.05, 0.1) is 35.3 Å². The third-order valence-corrected chi connectivity index (χ3v) is 8.58. The lowest BCUT2D eigenvalue weighted by molar-refractivity contribution is 0.0343. The number of nitrogens with two attached hydrogens (primary N) is 1. The largest absolute Gasteiger partial charge is 0.486 e. The molecule has 3 atom stereocenters. The van der Waals surface area contributed by atoms with Crippen LogP contribution in [0.15, 0.2) is 71.3 Å². The highest BCUT2D eigenvalue weighted by molar-refractivity contribution is 6.06. The smallest absolute Gasteiger partial charge is 0.323 e. The Hall–Kier alpha value is -5.40. The van der Waals surface area contributed by atoms with Gasteiger partial charge in [0.25, 0.3) is 11.8 Å². The summed E-state index contributed by atoms with van der Waals surface area (Å²) in [7, 11) is 1.97. The third kappa shape index (κ3) is 8.19. The molecule has 0 radical (unpaired) electrons. The molecule has 0 saturated carbocycles. The van der Waals surface area contributed by atoms with E-state index in [9.17, 15) is 19.5 Å². The number of para-hydroxylation sites is 3. The molecular weight excluding hydrogens is 626 g/mol. The van der Waals surface area contributed by atoms with Gasteiger partial charge in [0.1, 0.15) is 17.5 Å². The van der Waals surface area contributed by atoms with Crippen LogP contribution in [0.5, 0.6) is 5.75 Å². The van der Waals surface area contributed by atoms with Gasteiger partial charge in [-0.15, -0.1) is 0 Å². The number of urea groups is 1. The molecule has 13 nitrogen and oxygen atoms in total. The van der Waals surface area contributed by atoms with Crippen LogP contribution in [0, 0.1) is 19.8 Å². The number of carbonyl (C=O) groups is 3. The number of amides is 4. The maximum absolute atomic E-state index is 13.8. The number of nitrogens with one attached hydrogen (secondary N) is 3. The second-order valence-corrected chi connectivity index (χ2v) is 12.5. The van der Waals surface area contributed by atoms with Crippen molar-refractivity contribution in [1.29, 1.82) is 0 Å². The van der Waals surface area contributed by atoms with Crippen molar-refractivity contribution in [3.05, 3.63) is 94.9 Å². The summed E-state index contributed by atoms with van der Waals surface area (Å²) in [5, 5.41) is 22.3. The lowest BCUT2D eigenvalue weighted by Gasteiger charge is -2.38. The fraction of sp³-hybridized carbons (Fsp3) is 0.333. The van der Waals surface area contributed by atoms with Crippen LogP contribution in [0.25, 0.3) is 0 Å². The summed E-state index contributed by atoms with van der Waals surface area (Å²) in [5.41, 5.74) is 10.1. The van der Waals surface area contributed by atoms with E-state index in [1.54, 1.807) is 74.2 Å². The molecule has 4 amide bonds. The average molecular weight is 670 g/mol. The van der Waals surface area contributed by atoms with Gasteiger partial charge in [-0.2, -0.15) is 0 Å². The Morgan fingerprint density at radius 3 is 2.43 bits per heavy atom. The standard InChI is InChI=1S/C36H43N7O6/c1-21-17-43(22(2)20-44)35(46)27-9-8-12-30(39-36(47)40-32-23(3)41-49-24(32)4)33(27)48-31(21)19-42(5)18-25-13-15-26(16-14-25)34(45)38-29-11-7-6-10-28(29)37/h6-16,21-22,31,44H,17-20,37H2,1-5H3,(H,38,45)(H2,39,40,47)/t21-,22-,31-/m0/s1. The van der Waals surface area contributed by atoms with Gasteiger partial charge >= 0.3 is 6.03 Å². The molecule has 2 heterocycles. The van der Waals surface area contributed by atoms with Gasteiger partial charge in [-0.25, -0.2) is 4.79 Å². The quantitative estimate of drug-likeness (QED) is 0.144. The number of rotatable bonds is 10. The second-order valence-electron chi connectivity index (χ2n) is 12.5. The Labute approximate surface area is 285 Å². The fourth-order valence-corrected chi connectivity index (χ4v) is 5.74. The second kappa shape index (κ2) is 15.2. The summed E-state index contributed by atoms with van der Waals surface area (Å²) in [6, 6.07) is 18.5. The van der Waals surface area contributed by atoms with E-state index in [2.05, 4.69) is 26.0 Å². The lowest BCUT2D eigenvalue weighted by atomic mass is 9.98. The minimum absolute atomic E-state index is 0.144. The number of aliphatic hydroxyl groups is 1. The number of fused-ring (bicyclic) bond motifs is 1. The highest BCUT2D eigenvalue weighted by Gasteiger charge is 2.34. The molecule has 4 aromatic rings. The number of nitrogen functional groups attached to an aromatic ring is 1. The number of aliphatic hydroxyl groups excluding tert-OH is 1. The van der Waals surface area contributed by atoms with Crippen LogP contribution in [-0.4, -0.2) is 76.8 Å². The van der Waals surface area contributed by atoms with Gasteiger partial charge in [-0.3, -0.25) is 14.5 Å². The topological polar surface area (TPSA) is 175 Å². The van der Waals surface area contributed by atoms with Gasteiger partial charge in [-0.1, -0.05) is 42.4 Å². The summed E-state index contributed by atoms with van der Waals surface area (Å²) in [5.74, 6) is 0.00623. The van der Waals surface area contributed by atoms with Crippen LogP contribution >= 0.6 is 0 Å². The zero-order valence-electron chi connectivity index (χ0n) is 28.3. The Morgan fingerprint density at radius 1 is 1.04 bits per heavy atom. The molecule has 49 heavy (non-hydrogen) atoms. The molecule has 6 N–H and O–H groups in total. The normalized spacial score (nSPS) is 16.6. The Bertz CT molecular complexity index is 1790. The van der Waals surface area contributed by atoms with E-state index in [4.69, 9.17) is 15.0 Å². The molecule has 1 aromatic heterocycles. The number of likely N-dealkylation sites (N-methyl/N-ethyl adjacent to an activating group) is 1. The summed E-state index contributed by atoms with van der Waals surface area (Å²) < 4.78 is 11.8. The number of nitrogens with zero attached hydrogens (tertiary/aromatic N) is 3. The summed E-state index contributed by atoms with van der Waals surface area (Å²) in [4.78, 5) is 43.5. The summed E-state index contributed by atoms with van der Waals surface area (Å²) in [6.45, 7) is 8.41. The number of aryl methyl sites for hydroxylation is 2. The zero-order valence-corrected chi connectivity index (χ0v) is 28.3. The molecule has 0 unspecified atom stereocenters. The molecule has 13 heteroatoms. The number of ether oxygens (including phenoxy) is 1. The van der Waals surface area contributed by atoms with E-state index in [1.807, 2.05) is 32.2 Å². The summed E-state index contributed by atoms with van der Waals surface area (Å²) >= 11 is 0. The van der Waals surface area contributed by atoms with E-state index in [-0.39, 0.29) is 35.7 Å². The van der Waals surface area contributed by atoms with Gasteiger partial charge in [0.2, 0.25) is 0 Å². The molecule has 0 aliphatic carbocycles. The maximum Gasteiger partial charge on any atom is 0.323 e. The van der Waals surface area contributed by atoms with Crippen LogP contribution in [-0.2, 0) is 6.54 Å². The van der Waals surface area contributed by atoms with Crippen LogP contribution in [0.3, 0.4) is 0 Å². The highest BCUT2D eigenvalue weighted by Crippen LogP contribution is 2.35. The first-order valence-electron chi connectivity index (χ1n) is 16.1. The lowest BCUT2D eigenvalue weighted by Crippen LogP contribution is -2.49. The number of aromatic nitrogens is 1. The number of hydrogen-bond donors (Lipinski definition) is 5. The van der Waals surface area contributed by atoms with Gasteiger partial charge < -0.3 is 41.0 Å². The minimum atomic E-state index is -0.549. The molecular formula is C36H43N7O6. The first-order chi connectivity index (χ1) is 23.4. The molecule has 0 spiro atoms. The third-order valence-electron chi connectivity index (χ3n) is 8.58. The SMILES string of the molecule is Cc1noc(C)c1NC(=O)Nc1cccc2c1O[C@@H](CN(C)Cc1ccc(C(=O)Nc3ccccc3N)cc1)[C@@H](C)CN([C@@H](C)CO)C2=O. The molecule has 0 fully saturated rings. The molecule has 5 rings (SSSR count).